The van der Waals surface area contributed by atoms with E-state index >= 15 is 0 Å². The number of esters is 1. The van der Waals surface area contributed by atoms with Gasteiger partial charge in [-0.05, 0) is 60.7 Å². The lowest BCUT2D eigenvalue weighted by molar-refractivity contribution is 0.0431. The molecule has 4 rings (SSSR count). The second-order valence-electron chi connectivity index (χ2n) is 6.92. The number of rotatable bonds is 8. The fourth-order valence-corrected chi connectivity index (χ4v) is 4.02. The predicted octanol–water partition coefficient (Wildman–Crippen LogP) is 4.04. The molecule has 3 aromatic carbocycles. The number of hydrogen-bond acceptors (Lipinski definition) is 8. The van der Waals surface area contributed by atoms with Crippen LogP contribution in [0.15, 0.2) is 82.2 Å². The number of carbonyl (C=O) groups excluding carboxylic acids is 1. The molecule has 34 heavy (non-hydrogen) atoms. The molecule has 0 radical (unpaired) electrons. The Bertz CT molecular complexity index is 1400. The number of carbonyl (C=O) groups is 1. The lowest BCUT2D eigenvalue weighted by atomic mass is 10.2. The SMILES string of the molecule is COc1ccc(-c2noc(COC(=O)c3ccccc3NS(=O)(=O)c3ccc(F)cc3)n2)cc1. The van der Waals surface area contributed by atoms with Crippen LogP contribution in [0.3, 0.4) is 0 Å². The number of aromatic nitrogens is 2. The van der Waals surface area contributed by atoms with Crippen molar-refractivity contribution in [2.24, 2.45) is 0 Å². The van der Waals surface area contributed by atoms with E-state index in [0.717, 1.165) is 24.3 Å². The molecule has 0 fully saturated rings. The Morgan fingerprint density at radius 3 is 2.44 bits per heavy atom. The van der Waals surface area contributed by atoms with Crippen LogP contribution in [-0.4, -0.2) is 31.6 Å². The highest BCUT2D eigenvalue weighted by atomic mass is 32.2. The van der Waals surface area contributed by atoms with E-state index in [1.54, 1.807) is 43.5 Å². The molecule has 1 aromatic heterocycles. The van der Waals surface area contributed by atoms with Crippen LogP contribution in [0.1, 0.15) is 16.2 Å². The Kier molecular flexibility index (Phi) is 6.55. The van der Waals surface area contributed by atoms with Crippen LogP contribution in [0.25, 0.3) is 11.4 Å². The Hall–Kier alpha value is -4.25. The van der Waals surface area contributed by atoms with Crippen molar-refractivity contribution in [2.75, 3.05) is 11.8 Å². The molecule has 4 aromatic rings. The Morgan fingerprint density at radius 1 is 1.03 bits per heavy atom. The maximum atomic E-state index is 13.1. The van der Waals surface area contributed by atoms with Crippen molar-refractivity contribution in [1.82, 2.24) is 10.1 Å². The lowest BCUT2D eigenvalue weighted by Crippen LogP contribution is -2.16. The summed E-state index contributed by atoms with van der Waals surface area (Å²) in [6.07, 6.45) is 0. The zero-order valence-electron chi connectivity index (χ0n) is 17.8. The molecule has 0 saturated carbocycles. The van der Waals surface area contributed by atoms with E-state index < -0.39 is 21.8 Å². The lowest BCUT2D eigenvalue weighted by Gasteiger charge is -2.12. The fourth-order valence-electron chi connectivity index (χ4n) is 2.94. The van der Waals surface area contributed by atoms with Gasteiger partial charge in [-0.25, -0.2) is 17.6 Å². The average molecular weight is 483 g/mol. The van der Waals surface area contributed by atoms with Gasteiger partial charge >= 0.3 is 5.97 Å². The third-order valence-electron chi connectivity index (χ3n) is 4.66. The van der Waals surface area contributed by atoms with Gasteiger partial charge in [-0.2, -0.15) is 4.98 Å². The normalized spacial score (nSPS) is 11.1. The molecule has 9 nitrogen and oxygen atoms in total. The summed E-state index contributed by atoms with van der Waals surface area (Å²) in [6.45, 7) is -0.318. The van der Waals surface area contributed by atoms with E-state index in [0.29, 0.717) is 17.1 Å². The third-order valence-corrected chi connectivity index (χ3v) is 6.04. The number of anilines is 1. The van der Waals surface area contributed by atoms with Crippen LogP contribution in [0.4, 0.5) is 10.1 Å². The van der Waals surface area contributed by atoms with E-state index in [9.17, 15) is 17.6 Å². The van der Waals surface area contributed by atoms with Gasteiger partial charge < -0.3 is 14.0 Å². The van der Waals surface area contributed by atoms with Crippen molar-refractivity contribution in [2.45, 2.75) is 11.5 Å². The monoisotopic (exact) mass is 483 g/mol. The quantitative estimate of drug-likeness (QED) is 0.373. The van der Waals surface area contributed by atoms with Gasteiger partial charge in [0.25, 0.3) is 15.9 Å². The van der Waals surface area contributed by atoms with Gasteiger partial charge in [0.2, 0.25) is 5.82 Å². The number of halogens is 1. The molecule has 1 heterocycles. The maximum Gasteiger partial charge on any atom is 0.340 e. The number of hydrogen-bond donors (Lipinski definition) is 1. The fraction of sp³-hybridized carbons (Fsp3) is 0.0870. The Labute approximate surface area is 194 Å². The number of para-hydroxylation sites is 1. The van der Waals surface area contributed by atoms with Gasteiger partial charge in [-0.15, -0.1) is 0 Å². The predicted molar refractivity (Wildman–Crippen MR) is 119 cm³/mol. The van der Waals surface area contributed by atoms with Crippen molar-refractivity contribution >= 4 is 21.7 Å². The van der Waals surface area contributed by atoms with Crippen LogP contribution >= 0.6 is 0 Å². The van der Waals surface area contributed by atoms with Crippen molar-refractivity contribution in [1.29, 1.82) is 0 Å². The number of methoxy groups -OCH3 is 1. The first-order valence-corrected chi connectivity index (χ1v) is 11.4. The molecule has 0 bridgehead atoms. The van der Waals surface area contributed by atoms with Crippen molar-refractivity contribution in [3.05, 3.63) is 90.1 Å². The number of sulfonamides is 1. The van der Waals surface area contributed by atoms with Crippen LogP contribution < -0.4 is 9.46 Å². The summed E-state index contributed by atoms with van der Waals surface area (Å²) in [5.74, 6) is -0.333. The van der Waals surface area contributed by atoms with E-state index in [4.69, 9.17) is 14.0 Å². The first-order valence-electron chi connectivity index (χ1n) is 9.87. The van der Waals surface area contributed by atoms with Crippen molar-refractivity contribution in [3.8, 4) is 17.1 Å². The first-order chi connectivity index (χ1) is 16.4. The minimum atomic E-state index is -4.06. The molecule has 0 saturated heterocycles. The molecule has 0 aliphatic rings. The minimum absolute atomic E-state index is 0.00118. The largest absolute Gasteiger partial charge is 0.497 e. The number of benzene rings is 3. The summed E-state index contributed by atoms with van der Waals surface area (Å²) in [5, 5.41) is 3.86. The van der Waals surface area contributed by atoms with Gasteiger partial charge in [0.15, 0.2) is 6.61 Å². The van der Waals surface area contributed by atoms with Gasteiger partial charge in [0.05, 0.1) is 23.3 Å². The van der Waals surface area contributed by atoms with E-state index in [2.05, 4.69) is 14.9 Å². The Balaban J connectivity index is 1.45. The zero-order chi connectivity index (χ0) is 24.1. The molecule has 0 aliphatic heterocycles. The van der Waals surface area contributed by atoms with E-state index in [1.165, 1.54) is 12.1 Å². The molecule has 0 unspecified atom stereocenters. The second-order valence-corrected chi connectivity index (χ2v) is 8.60. The average Bonchev–Trinajstić information content (AvgIpc) is 3.32. The highest BCUT2D eigenvalue weighted by Gasteiger charge is 2.20. The molecule has 11 heteroatoms. The summed E-state index contributed by atoms with van der Waals surface area (Å²) >= 11 is 0. The highest BCUT2D eigenvalue weighted by Crippen LogP contribution is 2.23. The van der Waals surface area contributed by atoms with Crippen LogP contribution in [0.5, 0.6) is 5.75 Å². The van der Waals surface area contributed by atoms with Gasteiger partial charge in [0.1, 0.15) is 11.6 Å². The number of nitrogens with one attached hydrogen (secondary N) is 1. The maximum absolute atomic E-state index is 13.1. The highest BCUT2D eigenvalue weighted by molar-refractivity contribution is 7.92. The second kappa shape index (κ2) is 9.71. The molecular weight excluding hydrogens is 465 g/mol. The molecule has 0 aliphatic carbocycles. The number of nitrogens with zero attached hydrogens (tertiary/aromatic N) is 2. The molecule has 0 amide bonds. The molecule has 0 atom stereocenters. The number of ether oxygens (including phenoxy) is 2. The molecule has 174 valence electrons. The molecule has 0 spiro atoms. The summed E-state index contributed by atoms with van der Waals surface area (Å²) in [6, 6.07) is 17.2. The van der Waals surface area contributed by atoms with E-state index in [1.807, 2.05) is 0 Å². The molecule has 1 N–H and O–H groups in total. The topological polar surface area (TPSA) is 121 Å². The zero-order valence-corrected chi connectivity index (χ0v) is 18.6. The summed E-state index contributed by atoms with van der Waals surface area (Å²) in [7, 11) is -2.50. The van der Waals surface area contributed by atoms with Crippen LogP contribution in [0, 0.1) is 5.82 Å². The van der Waals surface area contributed by atoms with Crippen molar-refractivity contribution in [3.63, 3.8) is 0 Å². The summed E-state index contributed by atoms with van der Waals surface area (Å²) < 4.78 is 56.2. The minimum Gasteiger partial charge on any atom is -0.497 e. The summed E-state index contributed by atoms with van der Waals surface area (Å²) in [5.41, 5.74) is 0.659. The van der Waals surface area contributed by atoms with Gasteiger partial charge in [0, 0.05) is 5.56 Å². The van der Waals surface area contributed by atoms with Crippen LogP contribution in [-0.2, 0) is 21.4 Å². The van der Waals surface area contributed by atoms with Gasteiger partial charge in [-0.1, -0.05) is 17.3 Å². The van der Waals surface area contributed by atoms with Gasteiger partial charge in [-0.3, -0.25) is 4.72 Å². The molecular formula is C23H18FN3O6S. The van der Waals surface area contributed by atoms with E-state index in [-0.39, 0.29) is 28.6 Å². The summed E-state index contributed by atoms with van der Waals surface area (Å²) in [4.78, 5) is 16.7. The standard InChI is InChI=1S/C23H18FN3O6S/c1-31-17-10-6-15(7-11-17)22-25-21(33-26-22)14-32-23(28)19-4-2-3-5-20(19)27-34(29,30)18-12-8-16(24)9-13-18/h2-13,27H,14H2,1H3. The first kappa shape index (κ1) is 22.9. The Morgan fingerprint density at radius 2 is 1.74 bits per heavy atom. The van der Waals surface area contributed by atoms with Crippen molar-refractivity contribution < 1.29 is 31.6 Å². The smallest absolute Gasteiger partial charge is 0.340 e. The van der Waals surface area contributed by atoms with Crippen LogP contribution in [0.2, 0.25) is 0 Å². The third kappa shape index (κ3) is 5.21.